The first-order valence-corrected chi connectivity index (χ1v) is 9.64. The van der Waals surface area contributed by atoms with E-state index >= 15 is 0 Å². The molecule has 0 saturated carbocycles. The fraction of sp³-hybridized carbons (Fsp3) is 0.312. The quantitative estimate of drug-likeness (QED) is 0.596. The zero-order valence-corrected chi connectivity index (χ0v) is 16.1. The molecule has 2 aromatic rings. The van der Waals surface area contributed by atoms with Crippen molar-refractivity contribution in [2.75, 3.05) is 5.32 Å². The summed E-state index contributed by atoms with van der Waals surface area (Å²) in [5.41, 5.74) is -2.16. The number of carbonyl (C=O) groups is 1. The summed E-state index contributed by atoms with van der Waals surface area (Å²) in [4.78, 5) is 10.8. The first-order chi connectivity index (χ1) is 14.1. The SMILES string of the molecule is C[C@@H](NS(=O)(=O)c1cn(CC(F)F)c(C(=O)Nc2cccc(F)c2F)c1F)C(F)(F)F. The number of rotatable bonds is 7. The van der Waals surface area contributed by atoms with Crippen molar-refractivity contribution in [3.63, 3.8) is 0 Å². The van der Waals surface area contributed by atoms with Gasteiger partial charge in [0.25, 0.3) is 12.3 Å². The van der Waals surface area contributed by atoms with Gasteiger partial charge in [-0.3, -0.25) is 4.79 Å². The molecule has 172 valence electrons. The van der Waals surface area contributed by atoms with Crippen LogP contribution in [0.3, 0.4) is 0 Å². The molecule has 15 heteroatoms. The number of benzene rings is 1. The average molecular weight is 479 g/mol. The third kappa shape index (κ3) is 5.52. The van der Waals surface area contributed by atoms with E-state index in [0.29, 0.717) is 13.0 Å². The van der Waals surface area contributed by atoms with Crippen LogP contribution in [-0.2, 0) is 16.6 Å². The van der Waals surface area contributed by atoms with Gasteiger partial charge in [-0.25, -0.2) is 30.4 Å². The highest BCUT2D eigenvalue weighted by molar-refractivity contribution is 7.89. The van der Waals surface area contributed by atoms with Crippen LogP contribution in [0.25, 0.3) is 0 Å². The van der Waals surface area contributed by atoms with Crippen LogP contribution in [-0.4, -0.2) is 37.5 Å². The highest BCUT2D eigenvalue weighted by atomic mass is 32.2. The Hall–Kier alpha value is -2.68. The van der Waals surface area contributed by atoms with Gasteiger partial charge in [0.15, 0.2) is 17.5 Å². The van der Waals surface area contributed by atoms with Gasteiger partial charge in [-0.05, 0) is 19.1 Å². The van der Waals surface area contributed by atoms with Crippen molar-refractivity contribution in [2.45, 2.75) is 37.0 Å². The highest BCUT2D eigenvalue weighted by Gasteiger charge is 2.40. The van der Waals surface area contributed by atoms with Gasteiger partial charge < -0.3 is 9.88 Å². The highest BCUT2D eigenvalue weighted by Crippen LogP contribution is 2.26. The van der Waals surface area contributed by atoms with Gasteiger partial charge in [-0.15, -0.1) is 0 Å². The van der Waals surface area contributed by atoms with E-state index in [1.54, 1.807) is 5.32 Å². The second-order valence-electron chi connectivity index (χ2n) is 6.14. The van der Waals surface area contributed by atoms with Crippen molar-refractivity contribution in [3.8, 4) is 0 Å². The topological polar surface area (TPSA) is 80.2 Å². The van der Waals surface area contributed by atoms with E-state index in [1.807, 2.05) is 0 Å². The number of sulfonamides is 1. The number of hydrogen-bond donors (Lipinski definition) is 2. The van der Waals surface area contributed by atoms with Crippen LogP contribution in [0.4, 0.5) is 40.8 Å². The lowest BCUT2D eigenvalue weighted by molar-refractivity contribution is -0.147. The van der Waals surface area contributed by atoms with Crippen molar-refractivity contribution in [3.05, 3.63) is 47.5 Å². The number of aromatic nitrogens is 1. The lowest BCUT2D eigenvalue weighted by atomic mass is 10.2. The van der Waals surface area contributed by atoms with Crippen LogP contribution in [0.15, 0.2) is 29.3 Å². The van der Waals surface area contributed by atoms with E-state index in [9.17, 15) is 48.3 Å². The number of halogens is 8. The predicted molar refractivity (Wildman–Crippen MR) is 90.5 cm³/mol. The van der Waals surface area contributed by atoms with E-state index in [0.717, 1.165) is 16.9 Å². The van der Waals surface area contributed by atoms with Gasteiger partial charge in [0.05, 0.1) is 12.2 Å². The van der Waals surface area contributed by atoms with E-state index in [-0.39, 0.29) is 10.8 Å². The van der Waals surface area contributed by atoms with Crippen LogP contribution in [0.2, 0.25) is 0 Å². The van der Waals surface area contributed by atoms with E-state index < -0.39 is 74.8 Å². The monoisotopic (exact) mass is 479 g/mol. The molecule has 1 heterocycles. The molecule has 0 unspecified atom stereocenters. The Morgan fingerprint density at radius 2 is 1.74 bits per heavy atom. The number of anilines is 1. The van der Waals surface area contributed by atoms with Crippen molar-refractivity contribution >= 4 is 21.6 Å². The lowest BCUT2D eigenvalue weighted by Crippen LogP contribution is -2.43. The molecule has 2 N–H and O–H groups in total. The molecule has 0 aliphatic heterocycles. The molecular weight excluding hydrogens is 466 g/mol. The molecule has 1 amide bonds. The molecule has 0 bridgehead atoms. The third-order valence-electron chi connectivity index (χ3n) is 3.85. The fourth-order valence-corrected chi connectivity index (χ4v) is 3.69. The Balaban J connectivity index is 2.51. The third-order valence-corrected chi connectivity index (χ3v) is 5.37. The number of carbonyl (C=O) groups excluding carboxylic acids is 1. The van der Waals surface area contributed by atoms with Gasteiger partial charge in [0, 0.05) is 6.20 Å². The molecule has 1 atom stereocenters. The summed E-state index contributed by atoms with van der Waals surface area (Å²) >= 11 is 0. The minimum absolute atomic E-state index is 0.138. The second kappa shape index (κ2) is 8.82. The van der Waals surface area contributed by atoms with Crippen molar-refractivity contribution < 1.29 is 48.3 Å². The summed E-state index contributed by atoms with van der Waals surface area (Å²) < 4.78 is 131. The van der Waals surface area contributed by atoms with Crippen molar-refractivity contribution in [1.29, 1.82) is 0 Å². The molecule has 2 rings (SSSR count). The molecular formula is C16H13F8N3O3S. The molecule has 0 radical (unpaired) electrons. The summed E-state index contributed by atoms with van der Waals surface area (Å²) in [5.74, 6) is -6.59. The molecule has 0 fully saturated rings. The van der Waals surface area contributed by atoms with E-state index in [4.69, 9.17) is 0 Å². The summed E-state index contributed by atoms with van der Waals surface area (Å²) in [6, 6.07) is -0.183. The summed E-state index contributed by atoms with van der Waals surface area (Å²) in [5, 5.41) is 1.70. The van der Waals surface area contributed by atoms with E-state index in [1.165, 1.54) is 0 Å². The minimum Gasteiger partial charge on any atom is -0.334 e. The number of amides is 1. The average Bonchev–Trinajstić information content (AvgIpc) is 2.94. The lowest BCUT2D eigenvalue weighted by Gasteiger charge is -2.16. The smallest absolute Gasteiger partial charge is 0.334 e. The number of nitrogens with one attached hydrogen (secondary N) is 2. The van der Waals surface area contributed by atoms with Gasteiger partial charge >= 0.3 is 6.18 Å². The Morgan fingerprint density at radius 3 is 2.29 bits per heavy atom. The molecule has 1 aromatic carbocycles. The van der Waals surface area contributed by atoms with Gasteiger partial charge in [0.1, 0.15) is 16.6 Å². The maximum atomic E-state index is 14.7. The normalized spacial score (nSPS) is 13.5. The van der Waals surface area contributed by atoms with Crippen molar-refractivity contribution in [2.24, 2.45) is 0 Å². The zero-order valence-electron chi connectivity index (χ0n) is 15.3. The maximum Gasteiger partial charge on any atom is 0.404 e. The summed E-state index contributed by atoms with van der Waals surface area (Å²) in [6.45, 7) is -1.01. The molecule has 1 aromatic heterocycles. The largest absolute Gasteiger partial charge is 0.404 e. The summed E-state index contributed by atoms with van der Waals surface area (Å²) in [7, 11) is -5.26. The van der Waals surface area contributed by atoms with Crippen LogP contribution in [0.1, 0.15) is 17.4 Å². The van der Waals surface area contributed by atoms with Gasteiger partial charge in [0.2, 0.25) is 10.0 Å². The molecule has 0 aliphatic carbocycles. The number of nitrogens with zero attached hydrogens (tertiary/aromatic N) is 1. The van der Waals surface area contributed by atoms with Gasteiger partial charge in [-0.1, -0.05) is 6.07 Å². The van der Waals surface area contributed by atoms with Crippen LogP contribution in [0.5, 0.6) is 0 Å². The van der Waals surface area contributed by atoms with E-state index in [2.05, 4.69) is 0 Å². The molecule has 0 aliphatic rings. The summed E-state index contributed by atoms with van der Waals surface area (Å²) in [6.07, 6.45) is -8.09. The first-order valence-electron chi connectivity index (χ1n) is 8.16. The standard InChI is InChI=1S/C16H13F8N3O3S/c1-7(16(22,23)24)26-31(29,30)10-5-27(6-11(18)19)14(13(10)21)15(28)25-9-4-2-3-8(17)12(9)20/h2-5,7,11,26H,6H2,1H3,(H,25,28)/t7-/m1/s1. The van der Waals surface area contributed by atoms with Crippen LogP contribution >= 0.6 is 0 Å². The first kappa shape index (κ1) is 24.6. The Kier molecular flexibility index (Phi) is 7.00. The number of hydrogen-bond acceptors (Lipinski definition) is 3. The Labute approximate surface area is 169 Å². The van der Waals surface area contributed by atoms with Crippen LogP contribution < -0.4 is 10.0 Å². The molecule has 0 spiro atoms. The molecule has 6 nitrogen and oxygen atoms in total. The molecule has 0 saturated heterocycles. The maximum absolute atomic E-state index is 14.7. The number of alkyl halides is 5. The zero-order chi connectivity index (χ0) is 23.7. The van der Waals surface area contributed by atoms with Crippen molar-refractivity contribution in [1.82, 2.24) is 9.29 Å². The fourth-order valence-electron chi connectivity index (χ4n) is 2.36. The van der Waals surface area contributed by atoms with Crippen LogP contribution in [0, 0.1) is 17.5 Å². The Bertz CT molecular complexity index is 1080. The predicted octanol–water partition coefficient (Wildman–Crippen LogP) is 3.65. The van der Waals surface area contributed by atoms with Gasteiger partial charge in [-0.2, -0.15) is 17.9 Å². The second-order valence-corrected chi connectivity index (χ2v) is 7.82. The molecule has 31 heavy (non-hydrogen) atoms. The Morgan fingerprint density at radius 1 is 1.13 bits per heavy atom. The minimum atomic E-state index is -5.26.